The lowest BCUT2D eigenvalue weighted by atomic mass is 9.85. The monoisotopic (exact) mass is 229 g/mol. The first-order valence-corrected chi connectivity index (χ1v) is 5.81. The van der Waals surface area contributed by atoms with Crippen molar-refractivity contribution in [3.63, 3.8) is 0 Å². The van der Waals surface area contributed by atoms with Crippen LogP contribution in [0.25, 0.3) is 0 Å². The molecule has 1 rings (SSSR count). The average molecular weight is 229 g/mol. The van der Waals surface area contributed by atoms with E-state index in [1.165, 1.54) is 0 Å². The standard InChI is InChI=1S/C12H23NO3/c1-11(2,3)16-10(14)7-13-6-5-12(4)8-15-9-12/h13H,5-9H2,1-4H3. The molecule has 16 heavy (non-hydrogen) atoms. The number of ether oxygens (including phenoxy) is 2. The molecule has 0 aromatic rings. The van der Waals surface area contributed by atoms with Crippen LogP contribution in [0.15, 0.2) is 0 Å². The zero-order chi connectivity index (χ0) is 12.2. The van der Waals surface area contributed by atoms with E-state index in [2.05, 4.69) is 12.2 Å². The third kappa shape index (κ3) is 4.94. The molecule has 0 unspecified atom stereocenters. The Morgan fingerprint density at radius 2 is 2.06 bits per heavy atom. The molecule has 0 aromatic heterocycles. The predicted octanol–water partition coefficient (Wildman–Crippen LogP) is 1.34. The summed E-state index contributed by atoms with van der Waals surface area (Å²) in [6.45, 7) is 10.6. The molecule has 0 aliphatic carbocycles. The molecule has 1 aliphatic rings. The van der Waals surface area contributed by atoms with E-state index in [1.807, 2.05) is 20.8 Å². The van der Waals surface area contributed by atoms with E-state index in [-0.39, 0.29) is 12.5 Å². The van der Waals surface area contributed by atoms with Crippen molar-refractivity contribution < 1.29 is 14.3 Å². The third-order valence-corrected chi connectivity index (χ3v) is 2.50. The van der Waals surface area contributed by atoms with Gasteiger partial charge in [0.2, 0.25) is 0 Å². The van der Waals surface area contributed by atoms with Crippen molar-refractivity contribution in [1.29, 1.82) is 0 Å². The molecular formula is C12H23NO3. The normalized spacial score (nSPS) is 19.0. The number of esters is 1. The molecule has 1 fully saturated rings. The van der Waals surface area contributed by atoms with E-state index in [0.717, 1.165) is 26.2 Å². The van der Waals surface area contributed by atoms with Crippen LogP contribution >= 0.6 is 0 Å². The number of hydrogen-bond donors (Lipinski definition) is 1. The zero-order valence-electron chi connectivity index (χ0n) is 10.8. The lowest BCUT2D eigenvalue weighted by Gasteiger charge is -2.38. The Kier molecular flexibility index (Phi) is 4.33. The number of carbonyl (C=O) groups excluding carboxylic acids is 1. The largest absolute Gasteiger partial charge is 0.459 e. The van der Waals surface area contributed by atoms with Crippen LogP contribution < -0.4 is 5.32 Å². The van der Waals surface area contributed by atoms with Gasteiger partial charge in [0.15, 0.2) is 0 Å². The van der Waals surface area contributed by atoms with Crippen molar-refractivity contribution >= 4 is 5.97 Å². The van der Waals surface area contributed by atoms with E-state index >= 15 is 0 Å². The molecule has 0 aromatic carbocycles. The summed E-state index contributed by atoms with van der Waals surface area (Å²) in [5, 5.41) is 3.10. The van der Waals surface area contributed by atoms with Crippen LogP contribution in [0, 0.1) is 5.41 Å². The Balaban J connectivity index is 2.04. The Labute approximate surface area is 97.7 Å². The molecule has 4 nitrogen and oxygen atoms in total. The van der Waals surface area contributed by atoms with Crippen molar-refractivity contribution in [3.05, 3.63) is 0 Å². The van der Waals surface area contributed by atoms with Crippen LogP contribution in [0.3, 0.4) is 0 Å². The van der Waals surface area contributed by atoms with Crippen LogP contribution in [0.4, 0.5) is 0 Å². The van der Waals surface area contributed by atoms with E-state index in [9.17, 15) is 4.79 Å². The highest BCUT2D eigenvalue weighted by molar-refractivity contribution is 5.72. The number of hydrogen-bond acceptors (Lipinski definition) is 4. The number of rotatable bonds is 5. The molecule has 4 heteroatoms. The summed E-state index contributed by atoms with van der Waals surface area (Å²) >= 11 is 0. The Morgan fingerprint density at radius 1 is 1.44 bits per heavy atom. The quantitative estimate of drug-likeness (QED) is 0.571. The smallest absolute Gasteiger partial charge is 0.320 e. The van der Waals surface area contributed by atoms with Gasteiger partial charge in [-0.2, -0.15) is 0 Å². The molecule has 0 bridgehead atoms. The summed E-state index contributed by atoms with van der Waals surface area (Å²) in [7, 11) is 0. The SMILES string of the molecule is CC1(CCNCC(=O)OC(C)(C)C)COC1. The summed E-state index contributed by atoms with van der Waals surface area (Å²) < 4.78 is 10.3. The zero-order valence-corrected chi connectivity index (χ0v) is 10.8. The maximum Gasteiger partial charge on any atom is 0.320 e. The number of nitrogens with one attached hydrogen (secondary N) is 1. The highest BCUT2D eigenvalue weighted by Gasteiger charge is 2.32. The van der Waals surface area contributed by atoms with Crippen molar-refractivity contribution in [2.75, 3.05) is 26.3 Å². The van der Waals surface area contributed by atoms with Gasteiger partial charge in [0.1, 0.15) is 5.60 Å². The summed E-state index contributed by atoms with van der Waals surface area (Å²) in [5.74, 6) is -0.192. The molecule has 1 N–H and O–H groups in total. The van der Waals surface area contributed by atoms with E-state index in [4.69, 9.17) is 9.47 Å². The predicted molar refractivity (Wildman–Crippen MR) is 62.3 cm³/mol. The topological polar surface area (TPSA) is 47.6 Å². The fraction of sp³-hybridized carbons (Fsp3) is 0.917. The van der Waals surface area contributed by atoms with Gasteiger partial charge in [-0.05, 0) is 33.7 Å². The summed E-state index contributed by atoms with van der Waals surface area (Å²) in [5.41, 5.74) is -0.0898. The van der Waals surface area contributed by atoms with Crippen LogP contribution in [0.5, 0.6) is 0 Å². The molecule has 0 spiro atoms. The highest BCUT2D eigenvalue weighted by Crippen LogP contribution is 2.29. The molecule has 0 atom stereocenters. The molecule has 0 radical (unpaired) electrons. The van der Waals surface area contributed by atoms with Gasteiger partial charge in [-0.15, -0.1) is 0 Å². The summed E-state index contributed by atoms with van der Waals surface area (Å²) in [6, 6.07) is 0. The number of carbonyl (C=O) groups is 1. The van der Waals surface area contributed by atoms with Gasteiger partial charge < -0.3 is 14.8 Å². The molecule has 94 valence electrons. The van der Waals surface area contributed by atoms with E-state index < -0.39 is 5.60 Å². The lowest BCUT2D eigenvalue weighted by Crippen LogP contribution is -2.42. The Hall–Kier alpha value is -0.610. The first-order valence-electron chi connectivity index (χ1n) is 5.81. The second-order valence-corrected chi connectivity index (χ2v) is 5.82. The van der Waals surface area contributed by atoms with Gasteiger partial charge in [0, 0.05) is 5.41 Å². The second kappa shape index (κ2) is 5.15. The fourth-order valence-electron chi connectivity index (χ4n) is 1.55. The molecule has 1 aliphatic heterocycles. The van der Waals surface area contributed by atoms with Crippen LogP contribution in [0.1, 0.15) is 34.1 Å². The molecular weight excluding hydrogens is 206 g/mol. The first kappa shape index (κ1) is 13.5. The van der Waals surface area contributed by atoms with Crippen molar-refractivity contribution in [1.82, 2.24) is 5.32 Å². The second-order valence-electron chi connectivity index (χ2n) is 5.82. The molecule has 0 amide bonds. The van der Waals surface area contributed by atoms with Crippen LogP contribution in [-0.2, 0) is 14.3 Å². The van der Waals surface area contributed by atoms with Crippen LogP contribution in [-0.4, -0.2) is 37.9 Å². The van der Waals surface area contributed by atoms with Gasteiger partial charge in [-0.3, -0.25) is 4.79 Å². The minimum atomic E-state index is -0.396. The first-order chi connectivity index (χ1) is 7.31. The Morgan fingerprint density at radius 3 is 2.50 bits per heavy atom. The van der Waals surface area contributed by atoms with Gasteiger partial charge in [0.25, 0.3) is 0 Å². The minimum absolute atomic E-state index is 0.192. The Bertz CT molecular complexity index is 241. The maximum atomic E-state index is 11.4. The lowest BCUT2D eigenvalue weighted by molar-refractivity contribution is -0.153. The summed E-state index contributed by atoms with van der Waals surface area (Å²) in [6.07, 6.45) is 1.04. The van der Waals surface area contributed by atoms with Gasteiger partial charge in [-0.25, -0.2) is 0 Å². The van der Waals surface area contributed by atoms with Gasteiger partial charge in [0.05, 0.1) is 19.8 Å². The van der Waals surface area contributed by atoms with Gasteiger partial charge >= 0.3 is 5.97 Å². The van der Waals surface area contributed by atoms with Crippen molar-refractivity contribution in [2.24, 2.45) is 5.41 Å². The molecule has 1 heterocycles. The van der Waals surface area contributed by atoms with E-state index in [0.29, 0.717) is 5.41 Å². The third-order valence-electron chi connectivity index (χ3n) is 2.50. The average Bonchev–Trinajstić information content (AvgIpc) is 2.06. The van der Waals surface area contributed by atoms with E-state index in [1.54, 1.807) is 0 Å². The molecule has 1 saturated heterocycles. The molecule has 0 saturated carbocycles. The highest BCUT2D eigenvalue weighted by atomic mass is 16.6. The fourth-order valence-corrected chi connectivity index (χ4v) is 1.55. The van der Waals surface area contributed by atoms with Gasteiger partial charge in [-0.1, -0.05) is 6.92 Å². The van der Waals surface area contributed by atoms with Crippen molar-refractivity contribution in [2.45, 2.75) is 39.7 Å². The minimum Gasteiger partial charge on any atom is -0.459 e. The van der Waals surface area contributed by atoms with Crippen molar-refractivity contribution in [3.8, 4) is 0 Å². The summed E-state index contributed by atoms with van der Waals surface area (Å²) in [4.78, 5) is 11.4. The maximum absolute atomic E-state index is 11.4. The van der Waals surface area contributed by atoms with Crippen LogP contribution in [0.2, 0.25) is 0 Å².